The Kier molecular flexibility index (Phi) is 6.74. The summed E-state index contributed by atoms with van der Waals surface area (Å²) in [7, 11) is 0. The Bertz CT molecular complexity index is 1290. The van der Waals surface area contributed by atoms with Crippen LogP contribution in [0.2, 0.25) is 0 Å². The zero-order valence-corrected chi connectivity index (χ0v) is 20.4. The molecule has 1 amide bonds. The largest absolute Gasteiger partial charge is 0.507 e. The van der Waals surface area contributed by atoms with E-state index >= 15 is 0 Å². The number of rotatable bonds is 7. The molecule has 35 heavy (non-hydrogen) atoms. The van der Waals surface area contributed by atoms with Gasteiger partial charge >= 0.3 is 11.9 Å². The number of Topliss-reactive ketones (excluding diaryl/α,β-unsaturated/α-hetero) is 1. The van der Waals surface area contributed by atoms with Gasteiger partial charge in [0.05, 0.1) is 30.2 Å². The average molecular weight is 497 g/mol. The zero-order valence-electron chi connectivity index (χ0n) is 19.6. The highest BCUT2D eigenvalue weighted by Crippen LogP contribution is 2.44. The first-order valence-electron chi connectivity index (χ1n) is 11.0. The first-order valence-corrected chi connectivity index (χ1v) is 11.8. The van der Waals surface area contributed by atoms with E-state index in [-0.39, 0.29) is 39.8 Å². The molecule has 10 heteroatoms. The van der Waals surface area contributed by atoms with Crippen molar-refractivity contribution in [1.29, 1.82) is 0 Å². The number of hydrogen-bond donors (Lipinski definition) is 1. The number of carbonyl (C=O) groups is 3. The third kappa shape index (κ3) is 4.57. The van der Waals surface area contributed by atoms with Crippen LogP contribution in [0.4, 0.5) is 5.13 Å². The molecular formula is C25H24N2O7S. The molecule has 0 radical (unpaired) electrons. The van der Waals surface area contributed by atoms with Crippen LogP contribution in [0.25, 0.3) is 5.76 Å². The van der Waals surface area contributed by atoms with Crippen molar-refractivity contribution >= 4 is 39.9 Å². The maximum Gasteiger partial charge on any atom is 0.350 e. The van der Waals surface area contributed by atoms with Gasteiger partial charge in [0.2, 0.25) is 0 Å². The van der Waals surface area contributed by atoms with Crippen LogP contribution in [-0.4, -0.2) is 40.5 Å². The molecule has 9 nitrogen and oxygen atoms in total. The molecule has 0 saturated carbocycles. The van der Waals surface area contributed by atoms with Crippen LogP contribution in [0, 0.1) is 6.92 Å². The SMILES string of the molecule is CCOC(=O)c1sc(N2C(=O)C(=O)/C(=C(/O)c3ccc(OC(C)C)cc3)C2c2ccco2)nc1C. The monoisotopic (exact) mass is 496 g/mol. The average Bonchev–Trinajstić information content (AvgIpc) is 3.53. The predicted molar refractivity (Wildman–Crippen MR) is 129 cm³/mol. The minimum Gasteiger partial charge on any atom is -0.507 e. The number of hydrogen-bond acceptors (Lipinski definition) is 9. The summed E-state index contributed by atoms with van der Waals surface area (Å²) in [6.07, 6.45) is 1.38. The molecule has 1 fully saturated rings. The Morgan fingerprint density at radius 2 is 1.94 bits per heavy atom. The number of esters is 1. The first kappa shape index (κ1) is 24.2. The number of amides is 1. The maximum atomic E-state index is 13.2. The molecule has 3 aromatic rings. The third-order valence-electron chi connectivity index (χ3n) is 5.21. The van der Waals surface area contributed by atoms with Gasteiger partial charge < -0.3 is 19.0 Å². The van der Waals surface area contributed by atoms with Gasteiger partial charge in [0, 0.05) is 5.56 Å². The lowest BCUT2D eigenvalue weighted by Crippen LogP contribution is -2.29. The summed E-state index contributed by atoms with van der Waals surface area (Å²) >= 11 is 0.934. The van der Waals surface area contributed by atoms with Gasteiger partial charge in [-0.15, -0.1) is 0 Å². The standard InChI is InChI=1S/C25H24N2O7S/c1-5-32-24(31)22-14(4)26-25(35-22)27-19(17-7-6-12-33-17)18(21(29)23(27)30)20(28)15-8-10-16(11-9-15)34-13(2)3/h6-13,19,28H,5H2,1-4H3/b20-18+. The summed E-state index contributed by atoms with van der Waals surface area (Å²) in [4.78, 5) is 44.4. The van der Waals surface area contributed by atoms with Crippen molar-refractivity contribution < 1.29 is 33.4 Å². The second-order valence-electron chi connectivity index (χ2n) is 8.01. The minimum absolute atomic E-state index is 0.0278. The zero-order chi connectivity index (χ0) is 25.3. The summed E-state index contributed by atoms with van der Waals surface area (Å²) in [6, 6.07) is 8.69. The number of aryl methyl sites for hydroxylation is 1. The number of nitrogens with zero attached hydrogens (tertiary/aromatic N) is 2. The number of carbonyl (C=O) groups excluding carboxylic acids is 3. The molecule has 1 atom stereocenters. The highest BCUT2D eigenvalue weighted by Gasteiger charge is 2.49. The Hall–Kier alpha value is -3.92. The van der Waals surface area contributed by atoms with Gasteiger partial charge in [-0.25, -0.2) is 9.78 Å². The van der Waals surface area contributed by atoms with E-state index in [0.717, 1.165) is 16.2 Å². The number of ether oxygens (including phenoxy) is 2. The van der Waals surface area contributed by atoms with Gasteiger partial charge in [-0.1, -0.05) is 11.3 Å². The molecule has 1 N–H and O–H groups in total. The topological polar surface area (TPSA) is 119 Å². The van der Waals surface area contributed by atoms with Crippen LogP contribution >= 0.6 is 11.3 Å². The number of benzene rings is 1. The number of furan rings is 1. The van der Waals surface area contributed by atoms with E-state index in [0.29, 0.717) is 17.0 Å². The van der Waals surface area contributed by atoms with Crippen molar-refractivity contribution in [3.05, 3.63) is 70.1 Å². The molecule has 2 aromatic heterocycles. The van der Waals surface area contributed by atoms with E-state index in [2.05, 4.69) is 4.98 Å². The van der Waals surface area contributed by atoms with E-state index in [4.69, 9.17) is 13.9 Å². The van der Waals surface area contributed by atoms with Crippen molar-refractivity contribution in [2.24, 2.45) is 0 Å². The molecular weight excluding hydrogens is 472 g/mol. The van der Waals surface area contributed by atoms with Crippen molar-refractivity contribution in [2.75, 3.05) is 11.5 Å². The fourth-order valence-corrected chi connectivity index (χ4v) is 4.72. The lowest BCUT2D eigenvalue weighted by molar-refractivity contribution is -0.132. The van der Waals surface area contributed by atoms with Gasteiger partial charge in [0.25, 0.3) is 5.78 Å². The van der Waals surface area contributed by atoms with Crippen LogP contribution in [0.3, 0.4) is 0 Å². The van der Waals surface area contributed by atoms with Gasteiger partial charge in [-0.2, -0.15) is 0 Å². The second-order valence-corrected chi connectivity index (χ2v) is 8.98. The molecule has 3 heterocycles. The Morgan fingerprint density at radius 3 is 2.54 bits per heavy atom. The van der Waals surface area contributed by atoms with Crippen LogP contribution in [0.1, 0.15) is 53.5 Å². The molecule has 182 valence electrons. The van der Waals surface area contributed by atoms with Gasteiger partial charge in [0.1, 0.15) is 28.2 Å². The fourth-order valence-electron chi connectivity index (χ4n) is 3.74. The molecule has 1 aromatic carbocycles. The number of aromatic nitrogens is 1. The third-order valence-corrected chi connectivity index (χ3v) is 6.35. The Morgan fingerprint density at radius 1 is 1.23 bits per heavy atom. The van der Waals surface area contributed by atoms with Crippen LogP contribution in [0.5, 0.6) is 5.75 Å². The van der Waals surface area contributed by atoms with Crippen molar-refractivity contribution in [1.82, 2.24) is 4.98 Å². The second kappa shape index (κ2) is 9.75. The highest BCUT2D eigenvalue weighted by atomic mass is 32.1. The van der Waals surface area contributed by atoms with Crippen LogP contribution < -0.4 is 9.64 Å². The highest BCUT2D eigenvalue weighted by molar-refractivity contribution is 7.17. The van der Waals surface area contributed by atoms with Crippen LogP contribution in [0.15, 0.2) is 52.7 Å². The predicted octanol–water partition coefficient (Wildman–Crippen LogP) is 4.63. The summed E-state index contributed by atoms with van der Waals surface area (Å²) in [5, 5.41) is 11.3. The molecule has 1 aliphatic rings. The number of ketones is 1. The minimum atomic E-state index is -1.07. The Balaban J connectivity index is 1.81. The van der Waals surface area contributed by atoms with E-state index < -0.39 is 23.7 Å². The summed E-state index contributed by atoms with van der Waals surface area (Å²) < 4.78 is 16.2. The van der Waals surface area contributed by atoms with Crippen molar-refractivity contribution in [2.45, 2.75) is 39.8 Å². The maximum absolute atomic E-state index is 13.2. The van der Waals surface area contributed by atoms with E-state index in [1.165, 1.54) is 6.26 Å². The van der Waals surface area contributed by atoms with E-state index in [9.17, 15) is 19.5 Å². The Labute approximate surface area is 205 Å². The molecule has 1 aliphatic heterocycles. The number of anilines is 1. The van der Waals surface area contributed by atoms with Gasteiger partial charge in [-0.3, -0.25) is 14.5 Å². The lowest BCUT2D eigenvalue weighted by atomic mass is 9.99. The van der Waals surface area contributed by atoms with E-state index in [1.54, 1.807) is 50.2 Å². The molecule has 1 unspecified atom stereocenters. The van der Waals surface area contributed by atoms with Crippen LogP contribution in [-0.2, 0) is 14.3 Å². The molecule has 1 saturated heterocycles. The van der Waals surface area contributed by atoms with Crippen molar-refractivity contribution in [3.63, 3.8) is 0 Å². The molecule has 0 bridgehead atoms. The normalized spacial score (nSPS) is 17.3. The summed E-state index contributed by atoms with van der Waals surface area (Å²) in [6.45, 7) is 7.28. The molecule has 4 rings (SSSR count). The van der Waals surface area contributed by atoms with Gasteiger partial charge in [0.15, 0.2) is 5.13 Å². The van der Waals surface area contributed by atoms with Gasteiger partial charge in [-0.05, 0) is 64.1 Å². The summed E-state index contributed by atoms with van der Waals surface area (Å²) in [5.74, 6) is -1.85. The lowest BCUT2D eigenvalue weighted by Gasteiger charge is -2.20. The van der Waals surface area contributed by atoms with E-state index in [1.807, 2.05) is 13.8 Å². The quantitative estimate of drug-likeness (QED) is 0.218. The smallest absolute Gasteiger partial charge is 0.350 e. The molecule has 0 spiro atoms. The summed E-state index contributed by atoms with van der Waals surface area (Å²) in [5.41, 5.74) is 0.551. The first-order chi connectivity index (χ1) is 16.7. The number of aliphatic hydroxyl groups is 1. The number of thiazole rings is 1. The van der Waals surface area contributed by atoms with Crippen molar-refractivity contribution in [3.8, 4) is 5.75 Å². The number of aliphatic hydroxyl groups excluding tert-OH is 1. The fraction of sp³-hybridized carbons (Fsp3) is 0.280. The molecule has 0 aliphatic carbocycles.